The van der Waals surface area contributed by atoms with Gasteiger partial charge in [0.2, 0.25) is 0 Å². The number of hydrogen-bond acceptors (Lipinski definition) is 8. The number of nitrogens with zero attached hydrogens (tertiary/aromatic N) is 6. The van der Waals surface area contributed by atoms with Gasteiger partial charge in [-0.1, -0.05) is 38.1 Å². The molecule has 11 heteroatoms. The summed E-state index contributed by atoms with van der Waals surface area (Å²) in [4.78, 5) is 23.4. The van der Waals surface area contributed by atoms with Crippen LogP contribution in [0.4, 0.5) is 10.2 Å². The molecule has 210 valence electrons. The van der Waals surface area contributed by atoms with E-state index in [9.17, 15) is 15.2 Å². The number of halogens is 1. The maximum Gasteiger partial charge on any atom is 0.264 e. The van der Waals surface area contributed by atoms with Gasteiger partial charge in [0, 0.05) is 30.1 Å². The molecule has 1 aliphatic rings. The van der Waals surface area contributed by atoms with Gasteiger partial charge in [0.25, 0.3) is 5.91 Å². The zero-order chi connectivity index (χ0) is 29.1. The van der Waals surface area contributed by atoms with Crippen molar-refractivity contribution in [2.75, 3.05) is 25.4 Å². The summed E-state index contributed by atoms with van der Waals surface area (Å²) in [6.45, 7) is 4.03. The number of carbonyl (C=O) groups excluding carboxylic acids is 1. The van der Waals surface area contributed by atoms with E-state index in [1.165, 1.54) is 18.5 Å². The van der Waals surface area contributed by atoms with Gasteiger partial charge < -0.3 is 20.5 Å². The number of para-hydroxylation sites is 1. The Morgan fingerprint density at radius 1 is 1.24 bits per heavy atom. The number of aliphatic hydroxyl groups excluding tert-OH is 1. The summed E-state index contributed by atoms with van der Waals surface area (Å²) in [7, 11) is 0. The second-order valence-corrected chi connectivity index (χ2v) is 10.7. The summed E-state index contributed by atoms with van der Waals surface area (Å²) in [6, 6.07) is 15.3. The maximum absolute atomic E-state index is 15.5. The summed E-state index contributed by atoms with van der Waals surface area (Å²) in [5, 5.41) is 24.4. The molecule has 0 saturated carbocycles. The van der Waals surface area contributed by atoms with Gasteiger partial charge in [-0.2, -0.15) is 10.4 Å². The van der Waals surface area contributed by atoms with Crippen molar-refractivity contribution in [2.24, 2.45) is 5.41 Å². The van der Waals surface area contributed by atoms with Crippen molar-refractivity contribution in [3.05, 3.63) is 72.3 Å². The molecule has 0 aliphatic carbocycles. The number of aliphatic hydroxyl groups is 1. The van der Waals surface area contributed by atoms with Crippen LogP contribution in [0.25, 0.3) is 22.3 Å². The van der Waals surface area contributed by atoms with E-state index >= 15 is 4.39 Å². The van der Waals surface area contributed by atoms with Crippen molar-refractivity contribution in [1.82, 2.24) is 24.6 Å². The third-order valence-electron chi connectivity index (χ3n) is 7.02. The Labute approximate surface area is 236 Å². The first-order valence-corrected chi connectivity index (χ1v) is 13.3. The number of hydrogen-bond donors (Lipinski definition) is 2. The fourth-order valence-corrected chi connectivity index (χ4v) is 4.90. The van der Waals surface area contributed by atoms with Crippen LogP contribution >= 0.6 is 0 Å². The van der Waals surface area contributed by atoms with Crippen LogP contribution in [-0.4, -0.2) is 55.4 Å². The number of nitrogen functional groups attached to an aromatic ring is 1. The molecule has 41 heavy (non-hydrogen) atoms. The predicted molar refractivity (Wildman–Crippen MR) is 151 cm³/mol. The summed E-state index contributed by atoms with van der Waals surface area (Å²) in [5.41, 5.74) is 6.42. The number of carbonyl (C=O) groups is 1. The van der Waals surface area contributed by atoms with Crippen LogP contribution in [0.1, 0.15) is 32.7 Å². The number of nitrogens with two attached hydrogens (primary N) is 1. The summed E-state index contributed by atoms with van der Waals surface area (Å²) in [5.74, 6) is 0.105. The number of likely N-dealkylation sites (tertiary alicyclic amines) is 1. The first-order valence-electron chi connectivity index (χ1n) is 13.3. The van der Waals surface area contributed by atoms with Crippen molar-refractivity contribution in [3.8, 4) is 28.8 Å². The van der Waals surface area contributed by atoms with Crippen molar-refractivity contribution in [2.45, 2.75) is 32.7 Å². The number of piperidine rings is 1. The lowest BCUT2D eigenvalue weighted by atomic mass is 9.91. The van der Waals surface area contributed by atoms with Crippen molar-refractivity contribution in [3.63, 3.8) is 0 Å². The molecular formula is C30H30FN7O3. The van der Waals surface area contributed by atoms with Gasteiger partial charge in [0.15, 0.2) is 5.65 Å². The van der Waals surface area contributed by atoms with Gasteiger partial charge in [-0.15, -0.1) is 0 Å². The van der Waals surface area contributed by atoms with Gasteiger partial charge in [-0.3, -0.25) is 4.79 Å². The van der Waals surface area contributed by atoms with Crippen molar-refractivity contribution in [1.29, 1.82) is 5.26 Å². The summed E-state index contributed by atoms with van der Waals surface area (Å²) < 4.78 is 22.9. The lowest BCUT2D eigenvalue weighted by Crippen LogP contribution is -2.41. The average Bonchev–Trinajstić information content (AvgIpc) is 3.37. The fourth-order valence-electron chi connectivity index (χ4n) is 4.90. The molecule has 0 radical (unpaired) electrons. The SMILES string of the molecule is CC(C)(C=C(C#N)C(=O)N1CCCC(n2nc(-c3ccc(Oc4ccccc4)cc3F)c3c(N)ncnc32)C1)CO. The van der Waals surface area contributed by atoms with Gasteiger partial charge in [-0.05, 0) is 37.1 Å². The summed E-state index contributed by atoms with van der Waals surface area (Å²) in [6.07, 6.45) is 4.17. The molecule has 1 atom stereocenters. The molecule has 5 rings (SSSR count). The number of rotatable bonds is 7. The van der Waals surface area contributed by atoms with Crippen LogP contribution in [0.15, 0.2) is 66.5 Å². The predicted octanol–water partition coefficient (Wildman–Crippen LogP) is 4.64. The molecule has 0 bridgehead atoms. The molecule has 1 saturated heterocycles. The van der Waals surface area contributed by atoms with Crippen LogP contribution in [0, 0.1) is 22.6 Å². The van der Waals surface area contributed by atoms with Crippen LogP contribution in [-0.2, 0) is 4.79 Å². The number of aromatic nitrogens is 4. The zero-order valence-electron chi connectivity index (χ0n) is 22.8. The standard InChI is InChI=1S/C30H30FN7O3/c1-30(2,17-39)14-19(15-32)29(40)37-12-6-7-20(16-37)38-28-25(27(33)34-18-35-28)26(36-38)23-11-10-22(13-24(23)31)41-21-8-4-3-5-9-21/h3-5,8-11,13-14,18,20,39H,6-7,12,16-17H2,1-2H3,(H2,33,34,35). The number of nitriles is 1. The average molecular weight is 556 g/mol. The van der Waals surface area contributed by atoms with Gasteiger partial charge in [0.1, 0.15) is 46.8 Å². The Hall–Kier alpha value is -4.82. The molecule has 1 fully saturated rings. The van der Waals surface area contributed by atoms with Crippen LogP contribution < -0.4 is 10.5 Å². The lowest BCUT2D eigenvalue weighted by molar-refractivity contribution is -0.128. The first kappa shape index (κ1) is 27.7. The van der Waals surface area contributed by atoms with Crippen LogP contribution in [0.5, 0.6) is 11.5 Å². The third kappa shape index (κ3) is 5.73. The lowest BCUT2D eigenvalue weighted by Gasteiger charge is -2.33. The smallest absolute Gasteiger partial charge is 0.264 e. The molecule has 2 aromatic heterocycles. The number of fused-ring (bicyclic) bond motifs is 1. The highest BCUT2D eigenvalue weighted by molar-refractivity contribution is 5.99. The minimum atomic E-state index is -0.719. The second kappa shape index (κ2) is 11.3. The Morgan fingerprint density at radius 2 is 2.02 bits per heavy atom. The van der Waals surface area contributed by atoms with Crippen LogP contribution in [0.2, 0.25) is 0 Å². The highest BCUT2D eigenvalue weighted by Crippen LogP contribution is 2.36. The Kier molecular flexibility index (Phi) is 7.68. The number of benzene rings is 2. The molecule has 0 spiro atoms. The number of ether oxygens (including phenoxy) is 1. The first-order chi connectivity index (χ1) is 19.7. The van der Waals surface area contributed by atoms with E-state index in [-0.39, 0.29) is 41.8 Å². The fraction of sp³-hybridized carbons (Fsp3) is 0.300. The van der Waals surface area contributed by atoms with E-state index in [0.717, 1.165) is 0 Å². The van der Waals surface area contributed by atoms with Crippen molar-refractivity contribution >= 4 is 22.8 Å². The largest absolute Gasteiger partial charge is 0.457 e. The topological polar surface area (TPSA) is 143 Å². The second-order valence-electron chi connectivity index (χ2n) is 10.7. The van der Waals surface area contributed by atoms with E-state index in [4.69, 9.17) is 15.6 Å². The zero-order valence-corrected chi connectivity index (χ0v) is 22.8. The molecular weight excluding hydrogens is 525 g/mol. The Morgan fingerprint density at radius 3 is 2.73 bits per heavy atom. The maximum atomic E-state index is 15.5. The molecule has 4 aromatic rings. The molecule has 10 nitrogen and oxygen atoms in total. The van der Waals surface area contributed by atoms with Gasteiger partial charge >= 0.3 is 0 Å². The molecule has 3 N–H and O–H groups in total. The molecule has 1 amide bonds. The van der Waals surface area contributed by atoms with Crippen LogP contribution in [0.3, 0.4) is 0 Å². The molecule has 1 unspecified atom stereocenters. The minimum absolute atomic E-state index is 0.0258. The van der Waals surface area contributed by atoms with E-state index < -0.39 is 17.1 Å². The highest BCUT2D eigenvalue weighted by atomic mass is 19.1. The van der Waals surface area contributed by atoms with E-state index in [2.05, 4.69) is 9.97 Å². The van der Waals surface area contributed by atoms with E-state index in [1.807, 2.05) is 24.3 Å². The van der Waals surface area contributed by atoms with Gasteiger partial charge in [-0.25, -0.2) is 19.0 Å². The van der Waals surface area contributed by atoms with Crippen molar-refractivity contribution < 1.29 is 19.0 Å². The minimum Gasteiger partial charge on any atom is -0.457 e. The summed E-state index contributed by atoms with van der Waals surface area (Å²) >= 11 is 0. The van der Waals surface area contributed by atoms with Gasteiger partial charge in [0.05, 0.1) is 18.0 Å². The Bertz CT molecular complexity index is 1660. The molecule has 3 heterocycles. The van der Waals surface area contributed by atoms with E-state index in [1.54, 1.807) is 47.7 Å². The highest BCUT2D eigenvalue weighted by Gasteiger charge is 2.31. The quantitative estimate of drug-likeness (QED) is 0.248. The normalized spacial score (nSPS) is 16.0. The third-order valence-corrected chi connectivity index (χ3v) is 7.02. The number of anilines is 1. The Balaban J connectivity index is 1.48. The number of amides is 1. The molecule has 1 aliphatic heterocycles. The monoisotopic (exact) mass is 555 g/mol. The molecule has 2 aromatic carbocycles. The van der Waals surface area contributed by atoms with E-state index in [0.29, 0.717) is 41.9 Å².